The Labute approximate surface area is 200 Å². The van der Waals surface area contributed by atoms with Crippen LogP contribution in [0.2, 0.25) is 5.02 Å². The predicted molar refractivity (Wildman–Crippen MR) is 133 cm³/mol. The third kappa shape index (κ3) is 6.35. The van der Waals surface area contributed by atoms with Gasteiger partial charge in [0.1, 0.15) is 0 Å². The third-order valence-electron chi connectivity index (χ3n) is 5.30. The number of sulfonamides is 1. The molecule has 0 spiro atoms. The van der Waals surface area contributed by atoms with Gasteiger partial charge >= 0.3 is 0 Å². The summed E-state index contributed by atoms with van der Waals surface area (Å²) in [6, 6.07) is 17.3. The second-order valence-corrected chi connectivity index (χ2v) is 10.3. The molecule has 3 aromatic rings. The molecule has 2 N–H and O–H groups in total. The Hall–Kier alpha value is -2.87. The van der Waals surface area contributed by atoms with Gasteiger partial charge in [-0.05, 0) is 80.5 Å². The highest BCUT2D eigenvalue weighted by molar-refractivity contribution is 7.92. The highest BCUT2D eigenvalue weighted by atomic mass is 35.5. The molecule has 0 bridgehead atoms. The van der Waals surface area contributed by atoms with Gasteiger partial charge in [0.05, 0.1) is 15.5 Å². The maximum Gasteiger partial charge on any atom is 0.261 e. The van der Waals surface area contributed by atoms with Crippen LogP contribution in [-0.4, -0.2) is 33.3 Å². The standard InChI is InChI=1S/C25H28ClN3O3S/c1-17-9-10-21(13-18(17)2)28-33(31,32)22-11-12-24(26)23(14-22)25(30)27-15-19-7-5-6-8-20(19)16-29(3)4/h5-14,28H,15-16H2,1-4H3,(H,27,30). The smallest absolute Gasteiger partial charge is 0.261 e. The largest absolute Gasteiger partial charge is 0.348 e. The molecule has 6 nitrogen and oxygen atoms in total. The first-order valence-corrected chi connectivity index (χ1v) is 12.3. The minimum absolute atomic E-state index is 0.0386. The van der Waals surface area contributed by atoms with Crippen molar-refractivity contribution in [3.63, 3.8) is 0 Å². The SMILES string of the molecule is Cc1ccc(NS(=O)(=O)c2ccc(Cl)c(C(=O)NCc3ccccc3CN(C)C)c2)cc1C. The van der Waals surface area contributed by atoms with Crippen molar-refractivity contribution in [2.24, 2.45) is 0 Å². The Morgan fingerprint density at radius 1 is 0.939 bits per heavy atom. The molecule has 0 fully saturated rings. The van der Waals surface area contributed by atoms with Gasteiger partial charge in [-0.25, -0.2) is 8.42 Å². The molecule has 0 radical (unpaired) electrons. The number of benzene rings is 3. The van der Waals surface area contributed by atoms with Gasteiger partial charge in [-0.15, -0.1) is 0 Å². The average molecular weight is 486 g/mol. The molecule has 0 unspecified atom stereocenters. The highest BCUT2D eigenvalue weighted by Gasteiger charge is 2.19. The van der Waals surface area contributed by atoms with E-state index in [-0.39, 0.29) is 15.5 Å². The Kier molecular flexibility index (Phi) is 7.79. The average Bonchev–Trinajstić information content (AvgIpc) is 2.75. The zero-order chi connectivity index (χ0) is 24.2. The van der Waals surface area contributed by atoms with Gasteiger partial charge < -0.3 is 10.2 Å². The maximum absolute atomic E-state index is 12.9. The fourth-order valence-electron chi connectivity index (χ4n) is 3.36. The van der Waals surface area contributed by atoms with Crippen LogP contribution in [0.4, 0.5) is 5.69 Å². The summed E-state index contributed by atoms with van der Waals surface area (Å²) in [5.74, 6) is -0.442. The number of carbonyl (C=O) groups is 1. The number of nitrogens with one attached hydrogen (secondary N) is 2. The molecule has 8 heteroatoms. The number of hydrogen-bond acceptors (Lipinski definition) is 4. The second kappa shape index (κ2) is 10.4. The molecule has 0 heterocycles. The van der Waals surface area contributed by atoms with E-state index >= 15 is 0 Å². The van der Waals surface area contributed by atoms with Crippen LogP contribution in [0.25, 0.3) is 0 Å². The molecule has 174 valence electrons. The zero-order valence-corrected chi connectivity index (χ0v) is 20.7. The predicted octanol–water partition coefficient (Wildman–Crippen LogP) is 4.75. The van der Waals surface area contributed by atoms with Crippen molar-refractivity contribution in [2.75, 3.05) is 18.8 Å². The minimum Gasteiger partial charge on any atom is -0.348 e. The molecule has 0 atom stereocenters. The number of aryl methyl sites for hydroxylation is 2. The molecule has 1 amide bonds. The molecule has 33 heavy (non-hydrogen) atoms. The molecular formula is C25H28ClN3O3S. The van der Waals surface area contributed by atoms with Gasteiger partial charge in [-0.3, -0.25) is 9.52 Å². The minimum atomic E-state index is -3.90. The normalized spacial score (nSPS) is 11.5. The highest BCUT2D eigenvalue weighted by Crippen LogP contribution is 2.24. The lowest BCUT2D eigenvalue weighted by molar-refractivity contribution is 0.0950. The fraction of sp³-hybridized carbons (Fsp3) is 0.240. The fourth-order valence-corrected chi connectivity index (χ4v) is 4.64. The van der Waals surface area contributed by atoms with Gasteiger partial charge in [0.15, 0.2) is 0 Å². The number of halogens is 1. The van der Waals surface area contributed by atoms with Crippen LogP contribution in [-0.2, 0) is 23.1 Å². The number of nitrogens with zero attached hydrogens (tertiary/aromatic N) is 1. The molecule has 0 aromatic heterocycles. The molecule has 0 aliphatic heterocycles. The van der Waals surface area contributed by atoms with Crippen LogP contribution >= 0.6 is 11.6 Å². The summed E-state index contributed by atoms with van der Waals surface area (Å²) in [5.41, 5.74) is 4.68. The molecular weight excluding hydrogens is 458 g/mol. The molecule has 0 saturated carbocycles. The van der Waals surface area contributed by atoms with Gasteiger partial charge in [-0.1, -0.05) is 41.9 Å². The van der Waals surface area contributed by atoms with Crippen molar-refractivity contribution in [1.29, 1.82) is 0 Å². The summed E-state index contributed by atoms with van der Waals surface area (Å²) in [5, 5.41) is 3.03. The number of rotatable bonds is 8. The topological polar surface area (TPSA) is 78.5 Å². The van der Waals surface area contributed by atoms with E-state index in [0.29, 0.717) is 12.2 Å². The van der Waals surface area contributed by atoms with Crippen LogP contribution in [0.5, 0.6) is 0 Å². The van der Waals surface area contributed by atoms with Crippen LogP contribution in [0, 0.1) is 13.8 Å². The maximum atomic E-state index is 12.9. The molecule has 0 aliphatic rings. The third-order valence-corrected chi connectivity index (χ3v) is 7.00. The van der Waals surface area contributed by atoms with E-state index in [1.54, 1.807) is 12.1 Å². The summed E-state index contributed by atoms with van der Waals surface area (Å²) < 4.78 is 28.4. The van der Waals surface area contributed by atoms with Crippen molar-refractivity contribution < 1.29 is 13.2 Å². The Morgan fingerprint density at radius 3 is 2.30 bits per heavy atom. The first kappa shape index (κ1) is 24.8. The quantitative estimate of drug-likeness (QED) is 0.482. The number of hydrogen-bond donors (Lipinski definition) is 2. The summed E-state index contributed by atoms with van der Waals surface area (Å²) in [4.78, 5) is 14.9. The van der Waals surface area contributed by atoms with Crippen LogP contribution in [0.1, 0.15) is 32.6 Å². The summed E-state index contributed by atoms with van der Waals surface area (Å²) in [7, 11) is 0.0612. The van der Waals surface area contributed by atoms with E-state index in [4.69, 9.17) is 11.6 Å². The Morgan fingerprint density at radius 2 is 1.64 bits per heavy atom. The van der Waals surface area contributed by atoms with Crippen molar-refractivity contribution in [3.8, 4) is 0 Å². The lowest BCUT2D eigenvalue weighted by Gasteiger charge is -2.15. The monoisotopic (exact) mass is 485 g/mol. The number of carbonyl (C=O) groups excluding carboxylic acids is 1. The van der Waals surface area contributed by atoms with Crippen molar-refractivity contribution in [1.82, 2.24) is 10.2 Å². The van der Waals surface area contributed by atoms with E-state index in [2.05, 4.69) is 10.0 Å². The van der Waals surface area contributed by atoms with Gasteiger partial charge in [0.2, 0.25) is 0 Å². The first-order valence-electron chi connectivity index (χ1n) is 10.5. The second-order valence-electron chi connectivity index (χ2n) is 8.24. The van der Waals surface area contributed by atoms with Gasteiger partial charge in [-0.2, -0.15) is 0 Å². The van der Waals surface area contributed by atoms with Crippen LogP contribution < -0.4 is 10.0 Å². The van der Waals surface area contributed by atoms with E-state index in [1.165, 1.54) is 18.2 Å². The summed E-state index contributed by atoms with van der Waals surface area (Å²) in [6.07, 6.45) is 0. The summed E-state index contributed by atoms with van der Waals surface area (Å²) >= 11 is 6.24. The Balaban J connectivity index is 1.79. The van der Waals surface area contributed by atoms with E-state index in [9.17, 15) is 13.2 Å². The van der Waals surface area contributed by atoms with E-state index < -0.39 is 15.9 Å². The Bertz CT molecular complexity index is 1270. The van der Waals surface area contributed by atoms with Crippen molar-refractivity contribution in [3.05, 3.63) is 93.5 Å². The molecule has 3 aromatic carbocycles. The van der Waals surface area contributed by atoms with Crippen LogP contribution in [0.15, 0.2) is 65.6 Å². The zero-order valence-electron chi connectivity index (χ0n) is 19.1. The molecule has 0 aliphatic carbocycles. The molecule has 0 saturated heterocycles. The van der Waals surface area contributed by atoms with E-state index in [0.717, 1.165) is 28.8 Å². The van der Waals surface area contributed by atoms with Crippen molar-refractivity contribution in [2.45, 2.75) is 31.8 Å². The van der Waals surface area contributed by atoms with Crippen molar-refractivity contribution >= 4 is 33.2 Å². The molecule has 3 rings (SSSR count). The lowest BCUT2D eigenvalue weighted by Crippen LogP contribution is -2.25. The number of anilines is 1. The first-order chi connectivity index (χ1) is 15.6. The van der Waals surface area contributed by atoms with Gasteiger partial charge in [0.25, 0.3) is 15.9 Å². The lowest BCUT2D eigenvalue weighted by atomic mass is 10.1. The summed E-state index contributed by atoms with van der Waals surface area (Å²) in [6.45, 7) is 4.91. The number of amides is 1. The van der Waals surface area contributed by atoms with Gasteiger partial charge in [0, 0.05) is 18.8 Å². The van der Waals surface area contributed by atoms with Crippen LogP contribution in [0.3, 0.4) is 0 Å². The van der Waals surface area contributed by atoms with E-state index in [1.807, 2.05) is 63.2 Å².